The molecule has 1 unspecified atom stereocenters. The van der Waals surface area contributed by atoms with Gasteiger partial charge in [0, 0.05) is 18.7 Å². The fraction of sp³-hybridized carbons (Fsp3) is 0.375. The highest BCUT2D eigenvalue weighted by Crippen LogP contribution is 2.25. The second-order valence-corrected chi connectivity index (χ2v) is 3.10. The van der Waals surface area contributed by atoms with Crippen molar-refractivity contribution >= 4 is 18.1 Å². The first kappa shape index (κ1) is 10.9. The Labute approximate surface area is 87.1 Å². The van der Waals surface area contributed by atoms with Gasteiger partial charge in [-0.25, -0.2) is 0 Å². The van der Waals surface area contributed by atoms with E-state index in [9.17, 15) is 10.1 Å². The summed E-state index contributed by atoms with van der Waals surface area (Å²) in [6.07, 6.45) is 1.31. The van der Waals surface area contributed by atoms with Gasteiger partial charge in [-0.3, -0.25) is 15.1 Å². The van der Waals surface area contributed by atoms with Crippen LogP contribution in [0, 0.1) is 10.1 Å². The van der Waals surface area contributed by atoms with Gasteiger partial charge in [0.25, 0.3) is 5.69 Å². The molecule has 1 N–H and O–H groups in total. The van der Waals surface area contributed by atoms with Crippen molar-refractivity contribution in [3.8, 4) is 0 Å². The highest BCUT2D eigenvalue weighted by atomic mass is 35.5. The van der Waals surface area contributed by atoms with E-state index in [0.717, 1.165) is 11.3 Å². The van der Waals surface area contributed by atoms with E-state index in [1.807, 2.05) is 6.92 Å². The van der Waals surface area contributed by atoms with Gasteiger partial charge in [0.05, 0.1) is 10.6 Å². The lowest BCUT2D eigenvalue weighted by Gasteiger charge is -2.01. The molecule has 0 saturated heterocycles. The lowest BCUT2D eigenvalue weighted by Crippen LogP contribution is -2.07. The number of rotatable bonds is 1. The Morgan fingerprint density at radius 2 is 2.43 bits per heavy atom. The number of aromatic nitrogens is 1. The van der Waals surface area contributed by atoms with Gasteiger partial charge in [-0.05, 0) is 12.5 Å². The third-order valence-corrected chi connectivity index (χ3v) is 2.21. The third-order valence-electron chi connectivity index (χ3n) is 2.21. The van der Waals surface area contributed by atoms with Crippen molar-refractivity contribution in [3.05, 3.63) is 33.6 Å². The Bertz CT molecular complexity index is 370. The Kier molecular flexibility index (Phi) is 3.03. The maximum absolute atomic E-state index is 10.4. The van der Waals surface area contributed by atoms with Gasteiger partial charge in [0.1, 0.15) is 6.20 Å². The van der Waals surface area contributed by atoms with Crippen molar-refractivity contribution in [2.75, 3.05) is 0 Å². The van der Waals surface area contributed by atoms with E-state index in [1.54, 1.807) is 6.07 Å². The molecule has 0 fully saturated rings. The van der Waals surface area contributed by atoms with Crippen LogP contribution in [0.4, 0.5) is 5.69 Å². The molecule has 0 saturated carbocycles. The second kappa shape index (κ2) is 3.89. The molecule has 76 valence electrons. The third kappa shape index (κ3) is 1.69. The lowest BCUT2D eigenvalue weighted by atomic mass is 10.1. The molecule has 1 aliphatic heterocycles. The van der Waals surface area contributed by atoms with E-state index >= 15 is 0 Å². The summed E-state index contributed by atoms with van der Waals surface area (Å²) in [4.78, 5) is 14.1. The van der Waals surface area contributed by atoms with E-state index in [4.69, 9.17) is 0 Å². The first-order valence-electron chi connectivity index (χ1n) is 4.05. The van der Waals surface area contributed by atoms with E-state index in [0.29, 0.717) is 6.54 Å². The molecule has 0 aliphatic carbocycles. The zero-order valence-electron chi connectivity index (χ0n) is 7.56. The largest absolute Gasteiger partial charge is 0.305 e. The Hall–Kier alpha value is -1.20. The van der Waals surface area contributed by atoms with Crippen LogP contribution in [0.25, 0.3) is 0 Å². The van der Waals surface area contributed by atoms with E-state index < -0.39 is 4.92 Å². The molecule has 2 rings (SSSR count). The maximum atomic E-state index is 10.4. The minimum atomic E-state index is -0.420. The molecule has 0 aromatic carbocycles. The summed E-state index contributed by atoms with van der Waals surface area (Å²) in [5.74, 6) is 0. The predicted octanol–water partition coefficient (Wildman–Crippen LogP) is 1.58. The zero-order valence-corrected chi connectivity index (χ0v) is 8.37. The number of hydrogen-bond acceptors (Lipinski definition) is 4. The quantitative estimate of drug-likeness (QED) is 0.571. The number of pyridine rings is 1. The number of fused-ring (bicyclic) bond motifs is 1. The van der Waals surface area contributed by atoms with Gasteiger partial charge < -0.3 is 5.32 Å². The second-order valence-electron chi connectivity index (χ2n) is 3.10. The zero-order chi connectivity index (χ0) is 9.42. The van der Waals surface area contributed by atoms with Gasteiger partial charge in [-0.15, -0.1) is 12.4 Å². The van der Waals surface area contributed by atoms with Gasteiger partial charge >= 0.3 is 0 Å². The first-order valence-corrected chi connectivity index (χ1v) is 4.05. The molecule has 0 radical (unpaired) electrons. The summed E-state index contributed by atoms with van der Waals surface area (Å²) in [7, 11) is 0. The molecule has 5 nitrogen and oxygen atoms in total. The molecular formula is C8H10ClN3O2. The summed E-state index contributed by atoms with van der Waals surface area (Å²) in [5.41, 5.74) is 1.92. The number of nitrogens with zero attached hydrogens (tertiary/aromatic N) is 2. The van der Waals surface area contributed by atoms with Crippen LogP contribution in [0.1, 0.15) is 24.2 Å². The van der Waals surface area contributed by atoms with Crippen LogP contribution in [0.5, 0.6) is 0 Å². The van der Waals surface area contributed by atoms with E-state index in [2.05, 4.69) is 10.3 Å². The number of nitrogens with one attached hydrogen (secondary N) is 1. The summed E-state index contributed by atoms with van der Waals surface area (Å²) < 4.78 is 0. The minimum absolute atomic E-state index is 0. The Morgan fingerprint density at radius 1 is 1.71 bits per heavy atom. The summed E-state index contributed by atoms with van der Waals surface area (Å²) >= 11 is 0. The fourth-order valence-electron chi connectivity index (χ4n) is 1.50. The highest BCUT2D eigenvalue weighted by Gasteiger charge is 2.21. The molecule has 0 bridgehead atoms. The van der Waals surface area contributed by atoms with Gasteiger partial charge in [0.2, 0.25) is 0 Å². The van der Waals surface area contributed by atoms with Crippen LogP contribution in [0.2, 0.25) is 0 Å². The molecular weight excluding hydrogens is 206 g/mol. The molecule has 1 aromatic rings. The Balaban J connectivity index is 0.000000980. The molecule has 14 heavy (non-hydrogen) atoms. The molecule has 0 spiro atoms. The van der Waals surface area contributed by atoms with Crippen molar-refractivity contribution < 1.29 is 4.92 Å². The first-order chi connectivity index (χ1) is 6.18. The topological polar surface area (TPSA) is 68.1 Å². The summed E-state index contributed by atoms with van der Waals surface area (Å²) in [5, 5.41) is 13.6. The van der Waals surface area contributed by atoms with Crippen molar-refractivity contribution in [2.45, 2.75) is 19.5 Å². The van der Waals surface area contributed by atoms with Crippen LogP contribution in [-0.2, 0) is 6.54 Å². The number of nitro groups is 1. The monoisotopic (exact) mass is 215 g/mol. The number of hydrogen-bond donors (Lipinski definition) is 1. The van der Waals surface area contributed by atoms with Crippen molar-refractivity contribution in [1.29, 1.82) is 0 Å². The standard InChI is InChI=1S/C8H9N3O2.ClH/c1-5-8-6(3-9-5)2-7(4-10-8)11(12)13;/h2,4-5,9H,3H2,1H3;1H. The molecule has 1 aromatic heterocycles. The summed E-state index contributed by atoms with van der Waals surface area (Å²) in [6, 6.07) is 1.79. The normalized spacial score (nSPS) is 18.5. The molecule has 0 amide bonds. The number of halogens is 1. The van der Waals surface area contributed by atoms with Crippen LogP contribution < -0.4 is 5.32 Å². The molecule has 1 aliphatic rings. The fourth-order valence-corrected chi connectivity index (χ4v) is 1.50. The molecule has 1 atom stereocenters. The van der Waals surface area contributed by atoms with Crippen LogP contribution >= 0.6 is 12.4 Å². The minimum Gasteiger partial charge on any atom is -0.305 e. The maximum Gasteiger partial charge on any atom is 0.287 e. The van der Waals surface area contributed by atoms with E-state index in [1.165, 1.54) is 6.20 Å². The average molecular weight is 216 g/mol. The predicted molar refractivity (Wildman–Crippen MR) is 53.4 cm³/mol. The van der Waals surface area contributed by atoms with Crippen LogP contribution in [-0.4, -0.2) is 9.91 Å². The molecule has 6 heteroatoms. The Morgan fingerprint density at radius 3 is 3.07 bits per heavy atom. The smallest absolute Gasteiger partial charge is 0.287 e. The van der Waals surface area contributed by atoms with Gasteiger partial charge in [0.15, 0.2) is 0 Å². The van der Waals surface area contributed by atoms with Crippen LogP contribution in [0.3, 0.4) is 0 Å². The van der Waals surface area contributed by atoms with E-state index in [-0.39, 0.29) is 24.1 Å². The van der Waals surface area contributed by atoms with Crippen molar-refractivity contribution in [3.63, 3.8) is 0 Å². The summed E-state index contributed by atoms with van der Waals surface area (Å²) in [6.45, 7) is 2.66. The van der Waals surface area contributed by atoms with Crippen LogP contribution in [0.15, 0.2) is 12.3 Å². The van der Waals surface area contributed by atoms with Gasteiger partial charge in [-0.1, -0.05) is 0 Å². The SMILES string of the molecule is CC1NCc2cc([N+](=O)[O-])cnc21.Cl. The average Bonchev–Trinajstić information content (AvgIpc) is 2.47. The highest BCUT2D eigenvalue weighted by molar-refractivity contribution is 5.85. The van der Waals surface area contributed by atoms with Crippen molar-refractivity contribution in [1.82, 2.24) is 10.3 Å². The molecule has 2 heterocycles. The van der Waals surface area contributed by atoms with Crippen molar-refractivity contribution in [2.24, 2.45) is 0 Å². The lowest BCUT2D eigenvalue weighted by molar-refractivity contribution is -0.385. The van der Waals surface area contributed by atoms with Gasteiger partial charge in [-0.2, -0.15) is 0 Å².